The lowest BCUT2D eigenvalue weighted by Crippen LogP contribution is -2.23. The lowest BCUT2D eigenvalue weighted by molar-refractivity contribution is -0.137. The number of aryl methyl sites for hydroxylation is 1. The normalized spacial score (nSPS) is 10.7. The van der Waals surface area contributed by atoms with Crippen LogP contribution in [-0.2, 0) is 13.2 Å². The Bertz CT molecular complexity index is 740. The smallest absolute Gasteiger partial charge is 0.340 e. The largest absolute Gasteiger partial charge is 0.416 e. The van der Waals surface area contributed by atoms with Crippen molar-refractivity contribution >= 4 is 5.91 Å². The second-order valence-electron chi connectivity index (χ2n) is 4.34. The van der Waals surface area contributed by atoms with Crippen molar-refractivity contribution in [3.05, 3.63) is 47.3 Å². The van der Waals surface area contributed by atoms with Gasteiger partial charge in [0.15, 0.2) is 5.69 Å². The van der Waals surface area contributed by atoms with Crippen molar-refractivity contribution in [1.82, 2.24) is 20.3 Å². The van der Waals surface area contributed by atoms with Crippen molar-refractivity contribution in [2.75, 3.05) is 6.54 Å². The lowest BCUT2D eigenvalue weighted by atomic mass is 10.1. The third kappa shape index (κ3) is 4.09. The fourth-order valence-electron chi connectivity index (χ4n) is 1.59. The summed E-state index contributed by atoms with van der Waals surface area (Å²) in [5.41, 5.74) is -0.394. The second kappa shape index (κ2) is 6.30. The Hall–Kier alpha value is -2.82. The average molecular weight is 308 g/mol. The van der Waals surface area contributed by atoms with Crippen molar-refractivity contribution in [3.63, 3.8) is 0 Å². The van der Waals surface area contributed by atoms with E-state index in [0.29, 0.717) is 0 Å². The van der Waals surface area contributed by atoms with Crippen molar-refractivity contribution in [2.24, 2.45) is 7.05 Å². The molecule has 1 heterocycles. The molecule has 1 N–H and O–H groups in total. The molecule has 0 unspecified atom stereocenters. The number of benzene rings is 1. The molecule has 0 aliphatic carbocycles. The minimum atomic E-state index is -4.40. The fraction of sp³-hybridized carbons (Fsp3) is 0.214. The average Bonchev–Trinajstić information content (AvgIpc) is 2.89. The van der Waals surface area contributed by atoms with Gasteiger partial charge in [-0.25, -0.2) is 0 Å². The number of nitrogens with zero attached hydrogens (tertiary/aromatic N) is 3. The van der Waals surface area contributed by atoms with E-state index < -0.39 is 17.6 Å². The molecular weight excluding hydrogens is 297 g/mol. The molecule has 0 spiro atoms. The minimum Gasteiger partial charge on any atom is -0.340 e. The first kappa shape index (κ1) is 15.6. The Kier molecular flexibility index (Phi) is 4.46. The number of hydrogen-bond acceptors (Lipinski definition) is 3. The third-order valence-electron chi connectivity index (χ3n) is 2.60. The Balaban J connectivity index is 1.96. The highest BCUT2D eigenvalue weighted by atomic mass is 19.4. The molecule has 0 fully saturated rings. The van der Waals surface area contributed by atoms with Crippen molar-refractivity contribution < 1.29 is 18.0 Å². The standard InChI is InChI=1S/C14H11F3N4O/c1-21-9-12(19-20-21)13(22)18-7-3-5-10-4-2-6-11(8-10)14(15,16)17/h2,4,6,8-9H,7H2,1H3,(H,18,22). The molecule has 0 bridgehead atoms. The number of alkyl halides is 3. The summed E-state index contributed by atoms with van der Waals surface area (Å²) >= 11 is 0. The van der Waals surface area contributed by atoms with E-state index in [1.54, 1.807) is 7.05 Å². The SMILES string of the molecule is Cn1cc(C(=O)NCC#Cc2cccc(C(F)(F)F)c2)nn1. The van der Waals surface area contributed by atoms with Gasteiger partial charge in [0.05, 0.1) is 18.3 Å². The van der Waals surface area contributed by atoms with Gasteiger partial charge in [0, 0.05) is 12.6 Å². The van der Waals surface area contributed by atoms with Crippen LogP contribution in [0, 0.1) is 11.8 Å². The lowest BCUT2D eigenvalue weighted by Gasteiger charge is -2.05. The van der Waals surface area contributed by atoms with Gasteiger partial charge in [-0.3, -0.25) is 9.48 Å². The van der Waals surface area contributed by atoms with Crippen LogP contribution in [0.25, 0.3) is 0 Å². The Labute approximate surface area is 124 Å². The molecular formula is C14H11F3N4O. The van der Waals surface area contributed by atoms with Crippen LogP contribution in [0.3, 0.4) is 0 Å². The highest BCUT2D eigenvalue weighted by Crippen LogP contribution is 2.29. The number of halogens is 3. The molecule has 1 aromatic carbocycles. The molecule has 0 saturated heterocycles. The number of nitrogens with one attached hydrogen (secondary N) is 1. The first-order valence-electron chi connectivity index (χ1n) is 6.17. The highest BCUT2D eigenvalue weighted by Gasteiger charge is 2.30. The van der Waals surface area contributed by atoms with E-state index in [9.17, 15) is 18.0 Å². The monoisotopic (exact) mass is 308 g/mol. The molecule has 2 aromatic rings. The van der Waals surface area contributed by atoms with Crippen LogP contribution in [0.15, 0.2) is 30.5 Å². The maximum absolute atomic E-state index is 12.5. The number of amides is 1. The number of hydrogen-bond donors (Lipinski definition) is 1. The maximum atomic E-state index is 12.5. The molecule has 2 rings (SSSR count). The summed E-state index contributed by atoms with van der Waals surface area (Å²) in [5.74, 6) is 4.69. The van der Waals surface area contributed by atoms with Crippen LogP contribution in [0.4, 0.5) is 13.2 Å². The van der Waals surface area contributed by atoms with E-state index in [-0.39, 0.29) is 17.8 Å². The molecule has 114 valence electrons. The first-order chi connectivity index (χ1) is 10.4. The third-order valence-corrected chi connectivity index (χ3v) is 2.60. The van der Waals surface area contributed by atoms with E-state index >= 15 is 0 Å². The van der Waals surface area contributed by atoms with Gasteiger partial charge in [0.2, 0.25) is 0 Å². The molecule has 0 atom stereocenters. The van der Waals surface area contributed by atoms with Crippen LogP contribution in [0.1, 0.15) is 21.6 Å². The summed E-state index contributed by atoms with van der Waals surface area (Å²) in [6.45, 7) is -0.00828. The van der Waals surface area contributed by atoms with E-state index in [2.05, 4.69) is 27.5 Å². The van der Waals surface area contributed by atoms with Gasteiger partial charge in [0.25, 0.3) is 5.91 Å². The summed E-state index contributed by atoms with van der Waals surface area (Å²) in [6, 6.07) is 4.68. The van der Waals surface area contributed by atoms with Crippen molar-refractivity contribution in [1.29, 1.82) is 0 Å². The van der Waals surface area contributed by atoms with Gasteiger partial charge in [-0.2, -0.15) is 13.2 Å². The predicted octanol–water partition coefficient (Wildman–Crippen LogP) is 1.62. The quantitative estimate of drug-likeness (QED) is 0.858. The van der Waals surface area contributed by atoms with Gasteiger partial charge in [-0.15, -0.1) is 5.10 Å². The Morgan fingerprint density at radius 2 is 2.18 bits per heavy atom. The molecule has 8 heteroatoms. The first-order valence-corrected chi connectivity index (χ1v) is 6.17. The molecule has 0 aliphatic rings. The van der Waals surface area contributed by atoms with Crippen LogP contribution in [0.5, 0.6) is 0 Å². The zero-order valence-electron chi connectivity index (χ0n) is 11.5. The van der Waals surface area contributed by atoms with Crippen molar-refractivity contribution in [3.8, 4) is 11.8 Å². The van der Waals surface area contributed by atoms with Gasteiger partial charge in [-0.1, -0.05) is 23.1 Å². The van der Waals surface area contributed by atoms with E-state index in [1.165, 1.54) is 23.0 Å². The Morgan fingerprint density at radius 3 is 2.82 bits per heavy atom. The van der Waals surface area contributed by atoms with E-state index in [4.69, 9.17) is 0 Å². The summed E-state index contributed by atoms with van der Waals surface area (Å²) in [6.07, 6.45) is -2.96. The molecule has 0 aliphatic heterocycles. The predicted molar refractivity (Wildman–Crippen MR) is 71.7 cm³/mol. The number of carbonyl (C=O) groups is 1. The number of rotatable bonds is 2. The minimum absolute atomic E-state index is 0.00828. The maximum Gasteiger partial charge on any atom is 0.416 e. The van der Waals surface area contributed by atoms with Gasteiger partial charge in [0.1, 0.15) is 0 Å². The second-order valence-corrected chi connectivity index (χ2v) is 4.34. The van der Waals surface area contributed by atoms with Crippen LogP contribution >= 0.6 is 0 Å². The number of aromatic nitrogens is 3. The van der Waals surface area contributed by atoms with Crippen LogP contribution < -0.4 is 5.32 Å². The summed E-state index contributed by atoms with van der Waals surface area (Å²) in [5, 5.41) is 9.71. The Morgan fingerprint density at radius 1 is 1.41 bits per heavy atom. The van der Waals surface area contributed by atoms with Gasteiger partial charge >= 0.3 is 6.18 Å². The van der Waals surface area contributed by atoms with Crippen LogP contribution in [0.2, 0.25) is 0 Å². The molecule has 0 saturated carbocycles. The zero-order valence-corrected chi connectivity index (χ0v) is 11.5. The van der Waals surface area contributed by atoms with E-state index in [0.717, 1.165) is 12.1 Å². The molecule has 22 heavy (non-hydrogen) atoms. The summed E-state index contributed by atoms with van der Waals surface area (Å²) in [7, 11) is 1.62. The van der Waals surface area contributed by atoms with Gasteiger partial charge in [-0.05, 0) is 18.2 Å². The molecule has 5 nitrogen and oxygen atoms in total. The highest BCUT2D eigenvalue weighted by molar-refractivity contribution is 5.91. The fourth-order valence-corrected chi connectivity index (χ4v) is 1.59. The molecule has 0 radical (unpaired) electrons. The van der Waals surface area contributed by atoms with Gasteiger partial charge < -0.3 is 5.32 Å². The number of carbonyl (C=O) groups excluding carboxylic acids is 1. The molecule has 1 amide bonds. The molecule has 1 aromatic heterocycles. The van der Waals surface area contributed by atoms with Crippen molar-refractivity contribution in [2.45, 2.75) is 6.18 Å². The zero-order chi connectivity index (χ0) is 16.2. The summed E-state index contributed by atoms with van der Waals surface area (Å²) < 4.78 is 39.0. The summed E-state index contributed by atoms with van der Waals surface area (Å²) in [4.78, 5) is 11.6. The van der Waals surface area contributed by atoms with E-state index in [1.807, 2.05) is 0 Å². The topological polar surface area (TPSA) is 59.8 Å². The van der Waals surface area contributed by atoms with Crippen LogP contribution in [-0.4, -0.2) is 27.4 Å².